The van der Waals surface area contributed by atoms with Gasteiger partial charge in [-0.1, -0.05) is 5.16 Å². The summed E-state index contributed by atoms with van der Waals surface area (Å²) in [6, 6.07) is 1.66. The van der Waals surface area contributed by atoms with Gasteiger partial charge in [0.05, 0.1) is 11.4 Å². The van der Waals surface area contributed by atoms with Crippen LogP contribution in [0.3, 0.4) is 0 Å². The molecule has 7 nitrogen and oxygen atoms in total. The van der Waals surface area contributed by atoms with E-state index in [4.69, 9.17) is 4.52 Å². The van der Waals surface area contributed by atoms with Gasteiger partial charge in [-0.3, -0.25) is 14.4 Å². The number of hydrogen-bond donors (Lipinski definition) is 1. The molecule has 0 saturated heterocycles. The molecule has 0 radical (unpaired) electrons. The largest absolute Gasteiger partial charge is 0.361 e. The number of aromatic nitrogens is 3. The lowest BCUT2D eigenvalue weighted by Gasteiger charge is -2.32. The van der Waals surface area contributed by atoms with Gasteiger partial charge in [0.15, 0.2) is 0 Å². The molecule has 1 aliphatic rings. The predicted molar refractivity (Wildman–Crippen MR) is 75.4 cm³/mol. The zero-order valence-electron chi connectivity index (χ0n) is 12.5. The van der Waals surface area contributed by atoms with E-state index in [1.165, 1.54) is 0 Å². The highest BCUT2D eigenvalue weighted by Crippen LogP contribution is 2.24. The number of amides is 1. The van der Waals surface area contributed by atoms with E-state index in [1.807, 2.05) is 24.6 Å². The third-order valence-corrected chi connectivity index (χ3v) is 3.98. The highest BCUT2D eigenvalue weighted by molar-refractivity contribution is 5.80. The molecule has 0 aliphatic carbocycles. The Hall–Kier alpha value is -2.15. The van der Waals surface area contributed by atoms with Crippen molar-refractivity contribution >= 4 is 5.91 Å². The molecule has 3 rings (SSSR count). The van der Waals surface area contributed by atoms with Crippen LogP contribution in [0.1, 0.15) is 28.8 Å². The first-order valence-corrected chi connectivity index (χ1v) is 6.98. The summed E-state index contributed by atoms with van der Waals surface area (Å²) in [5.74, 6) is 0.812. The van der Waals surface area contributed by atoms with Crippen LogP contribution in [0.15, 0.2) is 16.8 Å². The second-order valence-corrected chi connectivity index (χ2v) is 5.37. The van der Waals surface area contributed by atoms with E-state index in [0.717, 1.165) is 35.8 Å². The number of nitrogens with zero attached hydrogens (tertiary/aromatic N) is 4. The molecule has 1 aliphatic heterocycles. The summed E-state index contributed by atoms with van der Waals surface area (Å²) >= 11 is 0. The highest BCUT2D eigenvalue weighted by Gasteiger charge is 2.30. The van der Waals surface area contributed by atoms with E-state index in [2.05, 4.69) is 20.5 Å². The molecular weight excluding hydrogens is 270 g/mol. The summed E-state index contributed by atoms with van der Waals surface area (Å²) in [7, 11) is 1.65. The summed E-state index contributed by atoms with van der Waals surface area (Å²) < 4.78 is 7.02. The number of nitrogens with one attached hydrogen (secondary N) is 1. The maximum Gasteiger partial charge on any atom is 0.245 e. The minimum atomic E-state index is -0.297. The second-order valence-electron chi connectivity index (χ2n) is 5.37. The summed E-state index contributed by atoms with van der Waals surface area (Å²) in [6.45, 7) is 5.96. The number of carbonyl (C=O) groups is 1. The Morgan fingerprint density at radius 2 is 2.33 bits per heavy atom. The third-order valence-electron chi connectivity index (χ3n) is 3.98. The molecule has 3 heterocycles. The van der Waals surface area contributed by atoms with Gasteiger partial charge in [-0.25, -0.2) is 0 Å². The van der Waals surface area contributed by atoms with E-state index in [1.54, 1.807) is 13.2 Å². The van der Waals surface area contributed by atoms with Gasteiger partial charge in [-0.05, 0) is 19.9 Å². The van der Waals surface area contributed by atoms with Crippen molar-refractivity contribution in [2.24, 2.45) is 0 Å². The number of fused-ring (bicyclic) bond motifs is 1. The quantitative estimate of drug-likeness (QED) is 0.904. The maximum atomic E-state index is 12.1. The van der Waals surface area contributed by atoms with E-state index >= 15 is 0 Å². The molecule has 1 amide bonds. The predicted octanol–water partition coefficient (Wildman–Crippen LogP) is 0.791. The number of hydrogen-bond acceptors (Lipinski definition) is 5. The zero-order chi connectivity index (χ0) is 15.0. The summed E-state index contributed by atoms with van der Waals surface area (Å²) in [6.07, 6.45) is 1.74. The van der Waals surface area contributed by atoms with Gasteiger partial charge in [0, 0.05) is 38.4 Å². The van der Waals surface area contributed by atoms with Crippen molar-refractivity contribution in [1.82, 2.24) is 25.2 Å². The van der Waals surface area contributed by atoms with Crippen LogP contribution in [0.25, 0.3) is 0 Å². The van der Waals surface area contributed by atoms with Crippen molar-refractivity contribution < 1.29 is 9.32 Å². The lowest BCUT2D eigenvalue weighted by molar-refractivity contribution is -0.125. The molecule has 2 aromatic rings. The fourth-order valence-corrected chi connectivity index (χ4v) is 2.80. The van der Waals surface area contributed by atoms with Crippen molar-refractivity contribution in [2.45, 2.75) is 33.0 Å². The number of likely N-dealkylation sites (N-methyl/N-ethyl adjacent to an activating group) is 1. The molecule has 2 aromatic heterocycles. The molecule has 0 spiro atoms. The van der Waals surface area contributed by atoms with Gasteiger partial charge < -0.3 is 9.84 Å². The molecule has 1 atom stereocenters. The van der Waals surface area contributed by atoms with Crippen LogP contribution in [0, 0.1) is 13.8 Å². The van der Waals surface area contributed by atoms with Crippen LogP contribution < -0.4 is 5.32 Å². The number of carbonyl (C=O) groups excluding carboxylic acids is 1. The first-order valence-electron chi connectivity index (χ1n) is 6.98. The monoisotopic (exact) mass is 289 g/mol. The molecule has 21 heavy (non-hydrogen) atoms. The van der Waals surface area contributed by atoms with Crippen LogP contribution in [-0.2, 0) is 17.9 Å². The van der Waals surface area contributed by atoms with Crippen molar-refractivity contribution in [3.05, 3.63) is 35.0 Å². The van der Waals surface area contributed by atoms with E-state index in [9.17, 15) is 4.79 Å². The molecule has 0 aromatic carbocycles. The average Bonchev–Trinajstić information content (AvgIpc) is 3.07. The third kappa shape index (κ3) is 2.44. The lowest BCUT2D eigenvalue weighted by Crippen LogP contribution is -2.44. The first kappa shape index (κ1) is 13.8. The van der Waals surface area contributed by atoms with E-state index in [-0.39, 0.29) is 11.9 Å². The molecule has 0 saturated carbocycles. The van der Waals surface area contributed by atoms with Crippen LogP contribution in [-0.4, -0.2) is 39.3 Å². The van der Waals surface area contributed by atoms with Gasteiger partial charge >= 0.3 is 0 Å². The molecule has 112 valence electrons. The Kier molecular flexibility index (Phi) is 3.50. The minimum Gasteiger partial charge on any atom is -0.361 e. The summed E-state index contributed by atoms with van der Waals surface area (Å²) in [5.41, 5.74) is 3.04. The lowest BCUT2D eigenvalue weighted by atomic mass is 10.1. The Labute approximate surface area is 122 Å². The van der Waals surface area contributed by atoms with Gasteiger partial charge in [0.1, 0.15) is 11.8 Å². The fraction of sp³-hybridized carbons (Fsp3) is 0.500. The number of aryl methyl sites for hydroxylation is 2. The number of rotatable bonds is 3. The van der Waals surface area contributed by atoms with Gasteiger partial charge in [0.2, 0.25) is 5.91 Å². The topological polar surface area (TPSA) is 76.2 Å². The molecule has 7 heteroatoms. The normalized spacial score (nSPS) is 18.5. The molecule has 0 bridgehead atoms. The Balaban J connectivity index is 1.85. The maximum absolute atomic E-state index is 12.1. The minimum absolute atomic E-state index is 0.0246. The Morgan fingerprint density at radius 3 is 3.00 bits per heavy atom. The van der Waals surface area contributed by atoms with Crippen molar-refractivity contribution in [2.75, 3.05) is 13.6 Å². The Morgan fingerprint density at radius 1 is 1.52 bits per heavy atom. The molecular formula is C14H19N5O2. The molecule has 1 unspecified atom stereocenters. The fourth-order valence-electron chi connectivity index (χ4n) is 2.80. The van der Waals surface area contributed by atoms with E-state index < -0.39 is 0 Å². The van der Waals surface area contributed by atoms with Gasteiger partial charge in [0.25, 0.3) is 0 Å². The molecule has 1 N–H and O–H groups in total. The smallest absolute Gasteiger partial charge is 0.245 e. The van der Waals surface area contributed by atoms with Crippen LogP contribution in [0.5, 0.6) is 0 Å². The van der Waals surface area contributed by atoms with E-state index in [0.29, 0.717) is 6.54 Å². The molecule has 0 fully saturated rings. The van der Waals surface area contributed by atoms with Gasteiger partial charge in [-0.15, -0.1) is 0 Å². The second kappa shape index (κ2) is 5.33. The van der Waals surface area contributed by atoms with Crippen molar-refractivity contribution in [3.8, 4) is 0 Å². The first-order chi connectivity index (χ1) is 10.1. The summed E-state index contributed by atoms with van der Waals surface area (Å²) in [4.78, 5) is 14.3. The average molecular weight is 289 g/mol. The SMILES string of the molecule is CNC(=O)C1CN(Cc2c(C)noc2C)Cc2ccnn21. The highest BCUT2D eigenvalue weighted by atomic mass is 16.5. The summed E-state index contributed by atoms with van der Waals surface area (Å²) in [5, 5.41) is 11.0. The van der Waals surface area contributed by atoms with Gasteiger partial charge in [-0.2, -0.15) is 5.10 Å². The van der Waals surface area contributed by atoms with Crippen LogP contribution >= 0.6 is 0 Å². The zero-order valence-corrected chi connectivity index (χ0v) is 12.5. The van der Waals surface area contributed by atoms with Crippen LogP contribution in [0.2, 0.25) is 0 Å². The van der Waals surface area contributed by atoms with Crippen molar-refractivity contribution in [1.29, 1.82) is 0 Å². The van der Waals surface area contributed by atoms with Crippen LogP contribution in [0.4, 0.5) is 0 Å². The standard InChI is InChI=1S/C14H19N5O2/c1-9-12(10(2)21-17-9)7-18-6-11-4-5-16-19(11)13(8-18)14(20)15-3/h4-5,13H,6-8H2,1-3H3,(H,15,20). The Bertz CT molecular complexity index is 641. The van der Waals surface area contributed by atoms with Crippen molar-refractivity contribution in [3.63, 3.8) is 0 Å².